The zero-order valence-corrected chi connectivity index (χ0v) is 20.3. The first-order valence-corrected chi connectivity index (χ1v) is 11.9. The van der Waals surface area contributed by atoms with E-state index in [4.69, 9.17) is 14.3 Å². The Labute approximate surface area is 197 Å². The largest absolute Gasteiger partial charge is 0.496 e. The summed E-state index contributed by atoms with van der Waals surface area (Å²) in [6.07, 6.45) is 5.36. The summed E-state index contributed by atoms with van der Waals surface area (Å²) < 4.78 is 15.6. The fourth-order valence-electron chi connectivity index (χ4n) is 3.77. The number of anilines is 1. The molecule has 0 radical (unpaired) electrons. The third-order valence-corrected chi connectivity index (χ3v) is 7.59. The van der Waals surface area contributed by atoms with Gasteiger partial charge in [0.2, 0.25) is 5.95 Å². The lowest BCUT2D eigenvalue weighted by atomic mass is 9.78. The van der Waals surface area contributed by atoms with Gasteiger partial charge >= 0.3 is 7.12 Å². The molecule has 3 aromatic heterocycles. The number of nitrogens with zero attached hydrogens (tertiary/aromatic N) is 5. The molecule has 0 atom stereocenters. The Morgan fingerprint density at radius 3 is 2.67 bits per heavy atom. The minimum absolute atomic E-state index is 0.379. The molecule has 1 aliphatic heterocycles. The highest BCUT2D eigenvalue weighted by atomic mass is 32.1. The number of rotatable bonds is 6. The number of aryl methyl sites for hydroxylation is 1. The van der Waals surface area contributed by atoms with E-state index in [1.807, 2.05) is 19.3 Å². The normalized spacial score (nSPS) is 17.1. The van der Waals surface area contributed by atoms with Crippen molar-refractivity contribution in [1.82, 2.24) is 25.0 Å². The van der Waals surface area contributed by atoms with E-state index in [-0.39, 0.29) is 11.2 Å². The quantitative estimate of drug-likeness (QED) is 0.438. The van der Waals surface area contributed by atoms with Crippen LogP contribution in [0.25, 0.3) is 20.7 Å². The van der Waals surface area contributed by atoms with E-state index in [1.165, 1.54) is 0 Å². The van der Waals surface area contributed by atoms with Gasteiger partial charge in [-0.2, -0.15) is 0 Å². The smallest absolute Gasteiger partial charge is 0.399 e. The number of hydrogen-bond acceptors (Lipinski definition) is 8. The van der Waals surface area contributed by atoms with Crippen LogP contribution < -0.4 is 10.8 Å². The Hall–Kier alpha value is -2.82. The van der Waals surface area contributed by atoms with Crippen molar-refractivity contribution in [3.8, 4) is 10.6 Å². The number of benzene rings is 1. The van der Waals surface area contributed by atoms with Crippen LogP contribution >= 0.6 is 11.3 Å². The van der Waals surface area contributed by atoms with Crippen molar-refractivity contribution in [3.05, 3.63) is 48.4 Å². The second-order valence-electron chi connectivity index (χ2n) is 9.28. The lowest BCUT2D eigenvalue weighted by molar-refractivity contribution is 0.00578. The van der Waals surface area contributed by atoms with E-state index in [9.17, 15) is 0 Å². The maximum atomic E-state index is 6.33. The molecule has 0 bridgehead atoms. The summed E-state index contributed by atoms with van der Waals surface area (Å²) >= 11 is 1.71. The van der Waals surface area contributed by atoms with Gasteiger partial charge in [-0.3, -0.25) is 4.68 Å². The van der Waals surface area contributed by atoms with E-state index in [0.29, 0.717) is 19.0 Å². The van der Waals surface area contributed by atoms with Crippen LogP contribution in [0.4, 0.5) is 5.95 Å². The van der Waals surface area contributed by atoms with Gasteiger partial charge in [-0.05, 0) is 51.6 Å². The number of nitrogens with one attached hydrogen (secondary N) is 1. The minimum atomic E-state index is -0.397. The standard InChI is InChI=1S/C23H27BN6O2S/c1-15-14-26-21(25-9-11-30-12-10-27-29-30)28-19(15)18-13-16-7-6-8-17(20(16)33-18)24-31-22(2,3)23(4,5)32-24/h6-8,10,12-14H,9,11H2,1-5H3,(H,25,26,28). The lowest BCUT2D eigenvalue weighted by Gasteiger charge is -2.32. The molecular formula is C23H27BN6O2S. The van der Waals surface area contributed by atoms with Crippen molar-refractivity contribution in [2.45, 2.75) is 52.4 Å². The summed E-state index contributed by atoms with van der Waals surface area (Å²) in [5.74, 6) is 0.597. The Morgan fingerprint density at radius 1 is 1.15 bits per heavy atom. The van der Waals surface area contributed by atoms with Gasteiger partial charge in [0.05, 0.1) is 34.5 Å². The first-order chi connectivity index (χ1) is 15.7. The molecule has 1 N–H and O–H groups in total. The van der Waals surface area contributed by atoms with Crippen LogP contribution in [0.3, 0.4) is 0 Å². The average molecular weight is 462 g/mol. The van der Waals surface area contributed by atoms with Gasteiger partial charge in [0, 0.05) is 29.1 Å². The monoisotopic (exact) mass is 462 g/mol. The number of fused-ring (bicyclic) bond motifs is 1. The first-order valence-electron chi connectivity index (χ1n) is 11.0. The summed E-state index contributed by atoms with van der Waals surface area (Å²) in [5, 5.41) is 12.2. The summed E-state index contributed by atoms with van der Waals surface area (Å²) in [6, 6.07) is 8.46. The summed E-state index contributed by atoms with van der Waals surface area (Å²) in [5.41, 5.74) is 2.25. The van der Waals surface area contributed by atoms with Crippen LogP contribution in [-0.4, -0.2) is 49.8 Å². The molecule has 0 spiro atoms. The molecule has 4 heterocycles. The molecule has 0 saturated carbocycles. The lowest BCUT2D eigenvalue weighted by Crippen LogP contribution is -2.41. The van der Waals surface area contributed by atoms with Crippen molar-refractivity contribution in [2.24, 2.45) is 0 Å². The van der Waals surface area contributed by atoms with Gasteiger partial charge in [-0.15, -0.1) is 16.4 Å². The highest BCUT2D eigenvalue weighted by Crippen LogP contribution is 2.39. The van der Waals surface area contributed by atoms with E-state index in [0.717, 1.165) is 31.7 Å². The topological polar surface area (TPSA) is 87.0 Å². The molecule has 0 aliphatic carbocycles. The predicted octanol–water partition coefficient (Wildman–Crippen LogP) is 3.67. The number of thiophene rings is 1. The second-order valence-corrected chi connectivity index (χ2v) is 10.3. The average Bonchev–Trinajstić information content (AvgIpc) is 3.47. The van der Waals surface area contributed by atoms with Crippen molar-refractivity contribution in [1.29, 1.82) is 0 Å². The summed E-state index contributed by atoms with van der Waals surface area (Å²) in [6.45, 7) is 11.7. The molecule has 0 unspecified atom stereocenters. The van der Waals surface area contributed by atoms with Gasteiger partial charge in [-0.1, -0.05) is 23.4 Å². The van der Waals surface area contributed by atoms with Gasteiger partial charge in [-0.25, -0.2) is 9.97 Å². The molecule has 8 nitrogen and oxygen atoms in total. The van der Waals surface area contributed by atoms with Gasteiger partial charge in [0.25, 0.3) is 0 Å². The van der Waals surface area contributed by atoms with Crippen molar-refractivity contribution in [3.63, 3.8) is 0 Å². The minimum Gasteiger partial charge on any atom is -0.399 e. The molecule has 1 fully saturated rings. The molecule has 1 aromatic carbocycles. The summed E-state index contributed by atoms with van der Waals surface area (Å²) in [4.78, 5) is 10.3. The van der Waals surface area contributed by atoms with E-state index < -0.39 is 7.12 Å². The molecule has 5 rings (SSSR count). The molecular weight excluding hydrogens is 435 g/mol. The van der Waals surface area contributed by atoms with Gasteiger partial charge in [0.15, 0.2) is 0 Å². The first kappa shape index (κ1) is 22.0. The van der Waals surface area contributed by atoms with Crippen LogP contribution in [0.2, 0.25) is 0 Å². The third-order valence-electron chi connectivity index (χ3n) is 6.38. The SMILES string of the molecule is Cc1cnc(NCCn2ccnn2)nc1-c1cc2cccc(B3OC(C)(C)C(C)(C)O3)c2s1. The second kappa shape index (κ2) is 8.20. The maximum absolute atomic E-state index is 6.33. The molecule has 4 aromatic rings. The van der Waals surface area contributed by atoms with Gasteiger partial charge < -0.3 is 14.6 Å². The Morgan fingerprint density at radius 2 is 1.94 bits per heavy atom. The molecule has 0 amide bonds. The van der Waals surface area contributed by atoms with E-state index >= 15 is 0 Å². The van der Waals surface area contributed by atoms with Crippen molar-refractivity contribution in [2.75, 3.05) is 11.9 Å². The Kier molecular flexibility index (Phi) is 5.46. The highest BCUT2D eigenvalue weighted by molar-refractivity contribution is 7.23. The fourth-order valence-corrected chi connectivity index (χ4v) is 5.00. The van der Waals surface area contributed by atoms with Crippen LogP contribution in [0.5, 0.6) is 0 Å². The van der Waals surface area contributed by atoms with Crippen LogP contribution in [0, 0.1) is 6.92 Å². The molecule has 170 valence electrons. The number of hydrogen-bond donors (Lipinski definition) is 1. The summed E-state index contributed by atoms with van der Waals surface area (Å²) in [7, 11) is -0.397. The van der Waals surface area contributed by atoms with E-state index in [2.05, 4.69) is 72.6 Å². The zero-order valence-electron chi connectivity index (χ0n) is 19.5. The van der Waals surface area contributed by atoms with Crippen LogP contribution in [-0.2, 0) is 15.9 Å². The zero-order chi connectivity index (χ0) is 23.2. The predicted molar refractivity (Wildman–Crippen MR) is 132 cm³/mol. The third kappa shape index (κ3) is 4.14. The highest BCUT2D eigenvalue weighted by Gasteiger charge is 2.52. The molecule has 33 heavy (non-hydrogen) atoms. The van der Waals surface area contributed by atoms with Crippen molar-refractivity contribution < 1.29 is 9.31 Å². The molecule has 10 heteroatoms. The van der Waals surface area contributed by atoms with E-state index in [1.54, 1.807) is 22.2 Å². The Balaban J connectivity index is 1.43. The van der Waals surface area contributed by atoms with Gasteiger partial charge in [0.1, 0.15) is 0 Å². The Bertz CT molecular complexity index is 1270. The van der Waals surface area contributed by atoms with Crippen LogP contribution in [0.1, 0.15) is 33.3 Å². The fraction of sp³-hybridized carbons (Fsp3) is 0.391. The molecule has 1 saturated heterocycles. The number of aromatic nitrogens is 5. The van der Waals surface area contributed by atoms with Crippen molar-refractivity contribution >= 4 is 40.0 Å². The van der Waals surface area contributed by atoms with Crippen LogP contribution in [0.15, 0.2) is 42.9 Å². The molecule has 1 aliphatic rings. The maximum Gasteiger partial charge on any atom is 0.496 e.